The molecule has 0 saturated carbocycles. The summed E-state index contributed by atoms with van der Waals surface area (Å²) in [6.07, 6.45) is 3.47. The molecular weight excluding hydrogens is 370 g/mol. The van der Waals surface area contributed by atoms with E-state index >= 15 is 0 Å². The first-order valence-electron chi connectivity index (χ1n) is 9.59. The van der Waals surface area contributed by atoms with Gasteiger partial charge in [0.05, 0.1) is 14.2 Å². The van der Waals surface area contributed by atoms with Crippen LogP contribution in [-0.2, 0) is 6.42 Å². The Morgan fingerprint density at radius 1 is 1.00 bits per heavy atom. The number of aryl methyl sites for hydroxylation is 1. The molecule has 0 spiro atoms. The first kappa shape index (κ1) is 20.4. The van der Waals surface area contributed by atoms with Gasteiger partial charge in [-0.05, 0) is 55.3 Å². The second kappa shape index (κ2) is 10.3. The van der Waals surface area contributed by atoms with Crippen molar-refractivity contribution < 1.29 is 18.8 Å². The zero-order valence-corrected chi connectivity index (χ0v) is 16.7. The number of hydrogen-bond donors (Lipinski definition) is 1. The summed E-state index contributed by atoms with van der Waals surface area (Å²) in [5, 5.41) is 6.96. The number of rotatable bonds is 10. The molecule has 0 fully saturated rings. The first-order valence-corrected chi connectivity index (χ1v) is 9.59. The second-order valence-corrected chi connectivity index (χ2v) is 6.54. The van der Waals surface area contributed by atoms with E-state index < -0.39 is 0 Å². The van der Waals surface area contributed by atoms with E-state index in [1.54, 1.807) is 32.4 Å². The fourth-order valence-electron chi connectivity index (χ4n) is 2.86. The number of hydrogen-bond acceptors (Lipinski definition) is 6. The summed E-state index contributed by atoms with van der Waals surface area (Å²) in [6.45, 7) is 0.622. The van der Waals surface area contributed by atoms with Crippen molar-refractivity contribution in [2.45, 2.75) is 25.7 Å². The van der Waals surface area contributed by atoms with Crippen molar-refractivity contribution >= 4 is 5.91 Å². The molecule has 3 aromatic rings. The molecule has 0 aliphatic rings. The van der Waals surface area contributed by atoms with Gasteiger partial charge in [-0.25, -0.2) is 0 Å². The molecule has 1 heterocycles. The largest absolute Gasteiger partial charge is 0.497 e. The normalized spacial score (nSPS) is 10.6. The minimum absolute atomic E-state index is 0.0927. The summed E-state index contributed by atoms with van der Waals surface area (Å²) in [7, 11) is 3.21. The molecule has 2 aromatic carbocycles. The van der Waals surface area contributed by atoms with Crippen LogP contribution in [0, 0.1) is 0 Å². The fraction of sp³-hybridized carbons (Fsp3) is 0.318. The minimum atomic E-state index is -0.0927. The molecule has 29 heavy (non-hydrogen) atoms. The number of nitrogens with zero attached hydrogens (tertiary/aromatic N) is 2. The Morgan fingerprint density at radius 2 is 1.79 bits per heavy atom. The Balaban J connectivity index is 1.36. The lowest BCUT2D eigenvalue weighted by Crippen LogP contribution is -2.24. The summed E-state index contributed by atoms with van der Waals surface area (Å²) in [6, 6.07) is 14.7. The number of methoxy groups -OCH3 is 2. The molecule has 1 amide bonds. The molecule has 7 nitrogen and oxygen atoms in total. The van der Waals surface area contributed by atoms with Gasteiger partial charge in [-0.2, -0.15) is 4.98 Å². The van der Waals surface area contributed by atoms with Crippen LogP contribution in [0.2, 0.25) is 0 Å². The van der Waals surface area contributed by atoms with Gasteiger partial charge in [0.15, 0.2) is 0 Å². The van der Waals surface area contributed by atoms with Crippen LogP contribution in [-0.4, -0.2) is 36.8 Å². The molecule has 7 heteroatoms. The molecule has 0 bridgehead atoms. The lowest BCUT2D eigenvalue weighted by molar-refractivity contribution is 0.0952. The Labute approximate surface area is 170 Å². The molecular formula is C22H25N3O4. The van der Waals surface area contributed by atoms with Gasteiger partial charge >= 0.3 is 0 Å². The first-order chi connectivity index (χ1) is 14.2. The van der Waals surface area contributed by atoms with Crippen LogP contribution in [0.25, 0.3) is 11.4 Å². The molecule has 0 aliphatic carbocycles. The topological polar surface area (TPSA) is 86.5 Å². The highest BCUT2D eigenvalue weighted by atomic mass is 16.5. The maximum atomic E-state index is 12.1. The van der Waals surface area contributed by atoms with E-state index in [0.29, 0.717) is 36.0 Å². The number of benzene rings is 2. The number of carbonyl (C=O) groups is 1. The third-order valence-electron chi connectivity index (χ3n) is 4.50. The van der Waals surface area contributed by atoms with E-state index in [2.05, 4.69) is 15.5 Å². The number of unbranched alkanes of at least 4 members (excludes halogenated alkanes) is 2. The molecule has 152 valence electrons. The Kier molecular flexibility index (Phi) is 7.22. The standard InChI is InChI=1S/C22H25N3O4/c1-27-18-12-10-16(11-13-18)21-24-20(29-25-21)9-4-3-5-14-23-22(26)17-7-6-8-19(15-17)28-2/h6-8,10-13,15H,3-5,9,14H2,1-2H3,(H,23,26). The fourth-order valence-corrected chi connectivity index (χ4v) is 2.86. The monoisotopic (exact) mass is 395 g/mol. The van der Waals surface area contributed by atoms with E-state index in [9.17, 15) is 4.79 Å². The van der Waals surface area contributed by atoms with Gasteiger partial charge in [0.2, 0.25) is 11.7 Å². The smallest absolute Gasteiger partial charge is 0.251 e. The van der Waals surface area contributed by atoms with Gasteiger partial charge in [0, 0.05) is 24.1 Å². The summed E-state index contributed by atoms with van der Waals surface area (Å²) < 4.78 is 15.6. The predicted molar refractivity (Wildman–Crippen MR) is 109 cm³/mol. The highest BCUT2D eigenvalue weighted by Gasteiger charge is 2.09. The predicted octanol–water partition coefficient (Wildman–Crippen LogP) is 3.90. The Morgan fingerprint density at radius 3 is 2.55 bits per heavy atom. The van der Waals surface area contributed by atoms with E-state index in [1.807, 2.05) is 30.3 Å². The third-order valence-corrected chi connectivity index (χ3v) is 4.50. The Bertz CT molecular complexity index is 922. The van der Waals surface area contributed by atoms with Crippen molar-refractivity contribution in [3.8, 4) is 22.9 Å². The summed E-state index contributed by atoms with van der Waals surface area (Å²) in [5.41, 5.74) is 1.49. The lowest BCUT2D eigenvalue weighted by atomic mass is 10.1. The summed E-state index contributed by atoms with van der Waals surface area (Å²) >= 11 is 0. The van der Waals surface area contributed by atoms with Crippen LogP contribution in [0.15, 0.2) is 53.1 Å². The van der Waals surface area contributed by atoms with Crippen molar-refractivity contribution in [3.05, 3.63) is 60.0 Å². The maximum absolute atomic E-state index is 12.1. The molecule has 0 radical (unpaired) electrons. The molecule has 0 aliphatic heterocycles. The van der Waals surface area contributed by atoms with Gasteiger partial charge in [0.25, 0.3) is 5.91 Å². The average Bonchev–Trinajstić information content (AvgIpc) is 3.25. The van der Waals surface area contributed by atoms with Gasteiger partial charge in [0.1, 0.15) is 11.5 Å². The van der Waals surface area contributed by atoms with E-state index in [1.165, 1.54) is 0 Å². The van der Waals surface area contributed by atoms with Crippen LogP contribution in [0.1, 0.15) is 35.5 Å². The molecule has 1 aromatic heterocycles. The highest BCUT2D eigenvalue weighted by molar-refractivity contribution is 5.94. The van der Waals surface area contributed by atoms with Gasteiger partial charge in [-0.1, -0.05) is 17.6 Å². The second-order valence-electron chi connectivity index (χ2n) is 6.54. The zero-order valence-electron chi connectivity index (χ0n) is 16.7. The number of amides is 1. The van der Waals surface area contributed by atoms with Gasteiger partial charge in [-0.15, -0.1) is 0 Å². The lowest BCUT2D eigenvalue weighted by Gasteiger charge is -2.06. The van der Waals surface area contributed by atoms with Gasteiger partial charge in [-0.3, -0.25) is 4.79 Å². The van der Waals surface area contributed by atoms with Crippen molar-refractivity contribution in [2.75, 3.05) is 20.8 Å². The van der Waals surface area contributed by atoms with Crippen LogP contribution >= 0.6 is 0 Å². The average molecular weight is 395 g/mol. The molecule has 1 N–H and O–H groups in total. The SMILES string of the molecule is COc1ccc(-c2noc(CCCCCNC(=O)c3cccc(OC)c3)n2)cc1. The maximum Gasteiger partial charge on any atom is 0.251 e. The Hall–Kier alpha value is -3.35. The molecule has 0 atom stereocenters. The van der Waals surface area contributed by atoms with Crippen molar-refractivity contribution in [1.29, 1.82) is 0 Å². The van der Waals surface area contributed by atoms with Crippen LogP contribution in [0.5, 0.6) is 11.5 Å². The number of ether oxygens (including phenoxy) is 2. The quantitative estimate of drug-likeness (QED) is 0.524. The zero-order chi connectivity index (χ0) is 20.5. The van der Waals surface area contributed by atoms with Crippen molar-refractivity contribution in [1.82, 2.24) is 15.5 Å². The minimum Gasteiger partial charge on any atom is -0.497 e. The molecule has 3 rings (SSSR count). The van der Waals surface area contributed by atoms with Crippen LogP contribution < -0.4 is 14.8 Å². The van der Waals surface area contributed by atoms with E-state index in [4.69, 9.17) is 14.0 Å². The van der Waals surface area contributed by atoms with E-state index in [-0.39, 0.29) is 5.91 Å². The number of aromatic nitrogens is 2. The molecule has 0 unspecified atom stereocenters. The summed E-state index contributed by atoms with van der Waals surface area (Å²) in [4.78, 5) is 16.6. The third kappa shape index (κ3) is 5.81. The van der Waals surface area contributed by atoms with E-state index in [0.717, 1.165) is 30.6 Å². The van der Waals surface area contributed by atoms with Crippen LogP contribution in [0.4, 0.5) is 0 Å². The van der Waals surface area contributed by atoms with Crippen molar-refractivity contribution in [3.63, 3.8) is 0 Å². The number of carbonyl (C=O) groups excluding carboxylic acids is 1. The molecule has 0 saturated heterocycles. The summed E-state index contributed by atoms with van der Waals surface area (Å²) in [5.74, 6) is 2.57. The van der Waals surface area contributed by atoms with Gasteiger partial charge < -0.3 is 19.3 Å². The van der Waals surface area contributed by atoms with Crippen LogP contribution in [0.3, 0.4) is 0 Å². The highest BCUT2D eigenvalue weighted by Crippen LogP contribution is 2.20. The number of nitrogens with one attached hydrogen (secondary N) is 1. The van der Waals surface area contributed by atoms with Crippen molar-refractivity contribution in [2.24, 2.45) is 0 Å².